The number of hydrogen-bond acceptors (Lipinski definition) is 3. The van der Waals surface area contributed by atoms with Gasteiger partial charge < -0.3 is 22.1 Å². The highest BCUT2D eigenvalue weighted by Gasteiger charge is 2.47. The molecule has 1 aliphatic carbocycles. The maximum absolute atomic E-state index is 12.8. The van der Waals surface area contributed by atoms with Crippen molar-refractivity contribution in [2.24, 2.45) is 21.9 Å². The lowest BCUT2D eigenvalue weighted by molar-refractivity contribution is -0.143. The Balaban J connectivity index is 1.84. The molecule has 0 radical (unpaired) electrons. The van der Waals surface area contributed by atoms with Gasteiger partial charge in [0.2, 0.25) is 11.8 Å². The van der Waals surface area contributed by atoms with Crippen LogP contribution < -0.4 is 22.1 Å². The summed E-state index contributed by atoms with van der Waals surface area (Å²) in [7, 11) is 0. The third kappa shape index (κ3) is 5.47. The van der Waals surface area contributed by atoms with E-state index in [0.29, 0.717) is 32.5 Å². The number of unbranched alkanes of at least 4 members (excludes halogenated alkanes) is 1. The monoisotopic (exact) mass is 359 g/mol. The van der Waals surface area contributed by atoms with Crippen molar-refractivity contribution in [3.8, 4) is 0 Å². The van der Waals surface area contributed by atoms with Gasteiger partial charge in [-0.2, -0.15) is 0 Å². The third-order valence-corrected chi connectivity index (χ3v) is 4.79. The first-order chi connectivity index (χ1) is 12.5. The van der Waals surface area contributed by atoms with Crippen molar-refractivity contribution in [1.82, 2.24) is 10.6 Å². The second-order valence-electron chi connectivity index (χ2n) is 6.73. The highest BCUT2D eigenvalue weighted by molar-refractivity contribution is 6.05. The van der Waals surface area contributed by atoms with Crippen molar-refractivity contribution in [3.63, 3.8) is 0 Å². The van der Waals surface area contributed by atoms with Crippen LogP contribution in [0.2, 0.25) is 0 Å². The smallest absolute Gasteiger partial charge is 0.235 e. The molecule has 0 aliphatic heterocycles. The van der Waals surface area contributed by atoms with Crippen LogP contribution in [0.25, 0.3) is 0 Å². The van der Waals surface area contributed by atoms with Gasteiger partial charge in [0.05, 0.1) is 0 Å². The summed E-state index contributed by atoms with van der Waals surface area (Å²) in [5, 5.41) is 5.86. The number of rotatable bonds is 9. The molecule has 1 aromatic carbocycles. The number of aliphatic imine (C=N–C) groups is 1. The lowest BCUT2D eigenvalue weighted by atomic mass is 9.83. The molecule has 142 valence electrons. The van der Waals surface area contributed by atoms with Gasteiger partial charge in [-0.05, 0) is 31.2 Å². The molecule has 7 nitrogen and oxygen atoms in total. The molecule has 1 aromatic rings. The molecule has 26 heavy (non-hydrogen) atoms. The first-order valence-electron chi connectivity index (χ1n) is 9.20. The fourth-order valence-electron chi connectivity index (χ4n) is 3.30. The average molecular weight is 359 g/mol. The van der Waals surface area contributed by atoms with Crippen LogP contribution in [0.1, 0.15) is 44.1 Å². The normalized spacial score (nSPS) is 15.2. The molecule has 0 heterocycles. The van der Waals surface area contributed by atoms with Crippen LogP contribution in [-0.2, 0) is 16.1 Å². The fourth-order valence-corrected chi connectivity index (χ4v) is 3.30. The Kier molecular flexibility index (Phi) is 7.44. The van der Waals surface area contributed by atoms with Gasteiger partial charge in [0.15, 0.2) is 5.96 Å². The second-order valence-corrected chi connectivity index (χ2v) is 6.73. The summed E-state index contributed by atoms with van der Waals surface area (Å²) in [4.78, 5) is 29.4. The van der Waals surface area contributed by atoms with Crippen LogP contribution >= 0.6 is 0 Å². The quantitative estimate of drug-likeness (QED) is 0.228. The molecule has 0 atom stereocenters. The van der Waals surface area contributed by atoms with E-state index in [0.717, 1.165) is 31.2 Å². The second kappa shape index (κ2) is 9.79. The number of carbonyl (C=O) groups excluding carboxylic acids is 2. The van der Waals surface area contributed by atoms with E-state index in [2.05, 4.69) is 15.6 Å². The van der Waals surface area contributed by atoms with E-state index in [1.807, 2.05) is 30.3 Å². The van der Waals surface area contributed by atoms with Crippen LogP contribution in [-0.4, -0.2) is 30.9 Å². The van der Waals surface area contributed by atoms with E-state index in [4.69, 9.17) is 11.5 Å². The minimum Gasteiger partial charge on any atom is -0.370 e. The molecule has 0 bridgehead atoms. The molecule has 7 heteroatoms. The van der Waals surface area contributed by atoms with Gasteiger partial charge in [0, 0.05) is 19.6 Å². The fraction of sp³-hybridized carbons (Fsp3) is 0.526. The Labute approximate surface area is 154 Å². The SMILES string of the molecule is NC(N)=NCCCCNC(=O)C1(C(=O)NCc2ccccc2)CCCC1. The summed E-state index contributed by atoms with van der Waals surface area (Å²) in [6, 6.07) is 9.71. The van der Waals surface area contributed by atoms with E-state index >= 15 is 0 Å². The average Bonchev–Trinajstić information content (AvgIpc) is 3.14. The predicted molar refractivity (Wildman–Crippen MR) is 102 cm³/mol. The first-order valence-corrected chi connectivity index (χ1v) is 9.20. The number of guanidine groups is 1. The Bertz CT molecular complexity index is 620. The molecule has 1 aliphatic rings. The van der Waals surface area contributed by atoms with Crippen LogP contribution in [0.15, 0.2) is 35.3 Å². The predicted octanol–water partition coefficient (Wildman–Crippen LogP) is 1.03. The van der Waals surface area contributed by atoms with Crippen molar-refractivity contribution in [2.45, 2.75) is 45.1 Å². The minimum absolute atomic E-state index is 0.0778. The Hall–Kier alpha value is -2.57. The highest BCUT2D eigenvalue weighted by atomic mass is 16.2. The number of nitrogens with zero attached hydrogens (tertiary/aromatic N) is 1. The summed E-state index contributed by atoms with van der Waals surface area (Å²) < 4.78 is 0. The zero-order chi connectivity index (χ0) is 18.8. The van der Waals surface area contributed by atoms with E-state index < -0.39 is 5.41 Å². The molecule has 0 unspecified atom stereocenters. The summed E-state index contributed by atoms with van der Waals surface area (Å²) >= 11 is 0. The number of amides is 2. The van der Waals surface area contributed by atoms with Gasteiger partial charge in [0.25, 0.3) is 0 Å². The van der Waals surface area contributed by atoms with Crippen LogP contribution in [0.3, 0.4) is 0 Å². The lowest BCUT2D eigenvalue weighted by Crippen LogP contribution is -2.50. The van der Waals surface area contributed by atoms with Gasteiger partial charge in [0.1, 0.15) is 5.41 Å². The van der Waals surface area contributed by atoms with Crippen LogP contribution in [0.4, 0.5) is 0 Å². The lowest BCUT2D eigenvalue weighted by Gasteiger charge is -2.26. The van der Waals surface area contributed by atoms with Crippen molar-refractivity contribution >= 4 is 17.8 Å². The molecule has 2 amide bonds. The number of benzene rings is 1. The molecular weight excluding hydrogens is 330 g/mol. The van der Waals surface area contributed by atoms with Gasteiger partial charge in [-0.25, -0.2) is 0 Å². The van der Waals surface area contributed by atoms with E-state index in [-0.39, 0.29) is 17.8 Å². The molecule has 0 spiro atoms. The highest BCUT2D eigenvalue weighted by Crippen LogP contribution is 2.38. The van der Waals surface area contributed by atoms with Crippen molar-refractivity contribution in [1.29, 1.82) is 0 Å². The molecule has 1 fully saturated rings. The number of carbonyl (C=O) groups is 2. The topological polar surface area (TPSA) is 123 Å². The van der Waals surface area contributed by atoms with Gasteiger partial charge in [-0.3, -0.25) is 14.6 Å². The van der Waals surface area contributed by atoms with Crippen LogP contribution in [0.5, 0.6) is 0 Å². The number of nitrogens with two attached hydrogens (primary N) is 2. The number of nitrogens with one attached hydrogen (secondary N) is 2. The number of hydrogen-bond donors (Lipinski definition) is 4. The summed E-state index contributed by atoms with van der Waals surface area (Å²) in [6.45, 7) is 1.50. The standard InChI is InChI=1S/C19H29N5O2/c20-18(21)23-13-7-6-12-22-16(25)19(10-4-5-11-19)17(26)24-14-15-8-2-1-3-9-15/h1-3,8-9H,4-7,10-14H2,(H,22,25)(H,24,26)(H4,20,21,23). The van der Waals surface area contributed by atoms with E-state index in [1.165, 1.54) is 0 Å². The van der Waals surface area contributed by atoms with Gasteiger partial charge in [-0.1, -0.05) is 43.2 Å². The summed E-state index contributed by atoms with van der Waals surface area (Å²) in [5.41, 5.74) is 10.6. The minimum atomic E-state index is -0.936. The Morgan fingerprint density at radius 1 is 1.00 bits per heavy atom. The molecule has 0 saturated heterocycles. The molecule has 0 aromatic heterocycles. The van der Waals surface area contributed by atoms with Crippen LogP contribution in [0, 0.1) is 5.41 Å². The first kappa shape index (κ1) is 19.8. The third-order valence-electron chi connectivity index (χ3n) is 4.79. The maximum Gasteiger partial charge on any atom is 0.235 e. The molecule has 1 saturated carbocycles. The largest absolute Gasteiger partial charge is 0.370 e. The zero-order valence-electron chi connectivity index (χ0n) is 15.2. The maximum atomic E-state index is 12.8. The summed E-state index contributed by atoms with van der Waals surface area (Å²) in [5.74, 6) is -0.256. The summed E-state index contributed by atoms with van der Waals surface area (Å²) in [6.07, 6.45) is 4.56. The Morgan fingerprint density at radius 2 is 1.65 bits per heavy atom. The van der Waals surface area contributed by atoms with Crippen molar-refractivity contribution < 1.29 is 9.59 Å². The van der Waals surface area contributed by atoms with E-state index in [9.17, 15) is 9.59 Å². The van der Waals surface area contributed by atoms with E-state index in [1.54, 1.807) is 0 Å². The molecule has 6 N–H and O–H groups in total. The molecular formula is C19H29N5O2. The van der Waals surface area contributed by atoms with Crippen molar-refractivity contribution in [2.75, 3.05) is 13.1 Å². The van der Waals surface area contributed by atoms with Gasteiger partial charge in [-0.15, -0.1) is 0 Å². The van der Waals surface area contributed by atoms with Crippen molar-refractivity contribution in [3.05, 3.63) is 35.9 Å². The van der Waals surface area contributed by atoms with Gasteiger partial charge >= 0.3 is 0 Å². The molecule has 2 rings (SSSR count). The Morgan fingerprint density at radius 3 is 2.31 bits per heavy atom. The zero-order valence-corrected chi connectivity index (χ0v) is 15.2.